The molecule has 0 fully saturated rings. The zero-order chi connectivity index (χ0) is 14.7. The molecular weight excluding hydrogens is 277 g/mol. The van der Waals surface area contributed by atoms with Crippen LogP contribution in [-0.2, 0) is 4.79 Å². The summed E-state index contributed by atoms with van der Waals surface area (Å²) in [5, 5.41) is 3.19. The summed E-state index contributed by atoms with van der Waals surface area (Å²) in [6, 6.07) is 10.0. The molecule has 2 aromatic rings. The maximum absolute atomic E-state index is 13.4. The molecule has 20 heavy (non-hydrogen) atoms. The predicted octanol–water partition coefficient (Wildman–Crippen LogP) is 4.51. The highest BCUT2D eigenvalue weighted by Gasteiger charge is 2.15. The lowest BCUT2D eigenvalue weighted by Crippen LogP contribution is -2.05. The number of rotatable bonds is 4. The van der Waals surface area contributed by atoms with E-state index in [0.29, 0.717) is 17.1 Å². The van der Waals surface area contributed by atoms with E-state index < -0.39 is 0 Å². The second-order valence-corrected chi connectivity index (χ2v) is 5.15. The van der Waals surface area contributed by atoms with Crippen molar-refractivity contribution >= 4 is 23.7 Å². The van der Waals surface area contributed by atoms with Gasteiger partial charge in [-0.15, -0.1) is 0 Å². The number of anilines is 1. The van der Waals surface area contributed by atoms with Crippen LogP contribution in [0.4, 0.5) is 10.1 Å². The van der Waals surface area contributed by atoms with Crippen LogP contribution in [0.3, 0.4) is 0 Å². The summed E-state index contributed by atoms with van der Waals surface area (Å²) in [6.45, 7) is 3.91. The topological polar surface area (TPSA) is 29.1 Å². The molecule has 0 aromatic heterocycles. The number of benzene rings is 2. The third kappa shape index (κ3) is 2.99. The van der Waals surface area contributed by atoms with Crippen molar-refractivity contribution < 1.29 is 9.18 Å². The van der Waals surface area contributed by atoms with Gasteiger partial charge < -0.3 is 5.32 Å². The first-order chi connectivity index (χ1) is 9.52. The van der Waals surface area contributed by atoms with Crippen LogP contribution >= 0.6 is 11.6 Å². The summed E-state index contributed by atoms with van der Waals surface area (Å²) in [4.78, 5) is 10.7. The second kappa shape index (κ2) is 6.06. The van der Waals surface area contributed by atoms with E-state index >= 15 is 0 Å². The SMILES string of the molecule is Cc1ccc(F)cc1C(C)c1ccc(Cl)cc1NC=O. The van der Waals surface area contributed by atoms with Gasteiger partial charge in [-0.3, -0.25) is 4.79 Å². The zero-order valence-corrected chi connectivity index (χ0v) is 12.0. The molecule has 1 amide bonds. The Labute approximate surface area is 122 Å². The third-order valence-corrected chi connectivity index (χ3v) is 3.64. The van der Waals surface area contributed by atoms with Crippen LogP contribution in [0.15, 0.2) is 36.4 Å². The van der Waals surface area contributed by atoms with Crippen LogP contribution in [0.5, 0.6) is 0 Å². The van der Waals surface area contributed by atoms with E-state index in [1.807, 2.05) is 19.9 Å². The summed E-state index contributed by atoms with van der Waals surface area (Å²) >= 11 is 5.94. The lowest BCUT2D eigenvalue weighted by Gasteiger charge is -2.18. The van der Waals surface area contributed by atoms with E-state index in [0.717, 1.165) is 16.7 Å². The van der Waals surface area contributed by atoms with Gasteiger partial charge in [0.05, 0.1) is 0 Å². The monoisotopic (exact) mass is 291 g/mol. The predicted molar refractivity (Wildman–Crippen MR) is 79.8 cm³/mol. The summed E-state index contributed by atoms with van der Waals surface area (Å²) in [5.74, 6) is -0.318. The van der Waals surface area contributed by atoms with E-state index in [2.05, 4.69) is 5.32 Å². The van der Waals surface area contributed by atoms with Crippen molar-refractivity contribution in [1.29, 1.82) is 0 Å². The van der Waals surface area contributed by atoms with Crippen molar-refractivity contribution in [3.63, 3.8) is 0 Å². The molecular formula is C16H15ClFNO. The number of hydrogen-bond acceptors (Lipinski definition) is 1. The largest absolute Gasteiger partial charge is 0.328 e. The van der Waals surface area contributed by atoms with Gasteiger partial charge in [0.15, 0.2) is 0 Å². The molecule has 0 saturated heterocycles. The van der Waals surface area contributed by atoms with E-state index in [9.17, 15) is 9.18 Å². The second-order valence-electron chi connectivity index (χ2n) is 4.72. The minimum absolute atomic E-state index is 0.0505. The molecule has 0 radical (unpaired) electrons. The molecule has 1 unspecified atom stereocenters. The lowest BCUT2D eigenvalue weighted by atomic mass is 9.89. The van der Waals surface area contributed by atoms with E-state index in [1.165, 1.54) is 12.1 Å². The Morgan fingerprint density at radius 1 is 1.20 bits per heavy atom. The van der Waals surface area contributed by atoms with Gasteiger partial charge in [-0.2, -0.15) is 0 Å². The van der Waals surface area contributed by atoms with Crippen molar-refractivity contribution in [2.75, 3.05) is 5.32 Å². The maximum Gasteiger partial charge on any atom is 0.211 e. The molecule has 1 N–H and O–H groups in total. The van der Waals surface area contributed by atoms with Crippen molar-refractivity contribution in [1.82, 2.24) is 0 Å². The molecule has 0 aliphatic rings. The molecule has 1 atom stereocenters. The van der Waals surface area contributed by atoms with Crippen LogP contribution in [-0.4, -0.2) is 6.41 Å². The van der Waals surface area contributed by atoms with Gasteiger partial charge in [-0.1, -0.05) is 30.7 Å². The maximum atomic E-state index is 13.4. The first-order valence-electron chi connectivity index (χ1n) is 6.28. The Kier molecular flexibility index (Phi) is 4.40. The van der Waals surface area contributed by atoms with Crippen LogP contribution < -0.4 is 5.32 Å². The average Bonchev–Trinajstić information content (AvgIpc) is 2.41. The highest BCUT2D eigenvalue weighted by atomic mass is 35.5. The molecule has 2 rings (SSSR count). The smallest absolute Gasteiger partial charge is 0.211 e. The summed E-state index contributed by atoms with van der Waals surface area (Å²) < 4.78 is 13.4. The average molecular weight is 292 g/mol. The lowest BCUT2D eigenvalue weighted by molar-refractivity contribution is -0.105. The van der Waals surface area contributed by atoms with Gasteiger partial charge in [-0.25, -0.2) is 4.39 Å². The molecule has 0 saturated carbocycles. The van der Waals surface area contributed by atoms with Gasteiger partial charge in [0.25, 0.3) is 0 Å². The van der Waals surface area contributed by atoms with Gasteiger partial charge in [0.2, 0.25) is 6.41 Å². The Hall–Kier alpha value is -1.87. The van der Waals surface area contributed by atoms with Gasteiger partial charge in [0.1, 0.15) is 5.82 Å². The first-order valence-corrected chi connectivity index (χ1v) is 6.66. The first kappa shape index (κ1) is 14.5. The molecule has 0 aliphatic carbocycles. The Balaban J connectivity index is 2.49. The molecule has 0 heterocycles. The summed E-state index contributed by atoms with van der Waals surface area (Å²) in [5.41, 5.74) is 3.44. The number of aryl methyl sites for hydroxylation is 1. The van der Waals surface area contributed by atoms with E-state index in [4.69, 9.17) is 11.6 Å². The summed E-state index contributed by atoms with van der Waals surface area (Å²) in [7, 11) is 0. The number of nitrogens with one attached hydrogen (secondary N) is 1. The summed E-state index contributed by atoms with van der Waals surface area (Å²) in [6.07, 6.45) is 0.611. The van der Waals surface area contributed by atoms with Crippen molar-refractivity contribution in [2.24, 2.45) is 0 Å². The zero-order valence-electron chi connectivity index (χ0n) is 11.3. The van der Waals surface area contributed by atoms with Crippen molar-refractivity contribution in [3.05, 3.63) is 63.9 Å². The minimum atomic E-state index is -0.267. The number of carbonyl (C=O) groups excluding carboxylic acids is 1. The van der Waals surface area contributed by atoms with Crippen LogP contribution in [0.2, 0.25) is 5.02 Å². The number of halogens is 2. The fourth-order valence-corrected chi connectivity index (χ4v) is 2.51. The fourth-order valence-electron chi connectivity index (χ4n) is 2.34. The molecule has 0 aliphatic heterocycles. The van der Waals surface area contributed by atoms with Gasteiger partial charge in [-0.05, 0) is 47.9 Å². The highest BCUT2D eigenvalue weighted by molar-refractivity contribution is 6.30. The van der Waals surface area contributed by atoms with Crippen molar-refractivity contribution in [3.8, 4) is 0 Å². The molecule has 0 bridgehead atoms. The number of carbonyl (C=O) groups is 1. The molecule has 104 valence electrons. The van der Waals surface area contributed by atoms with Crippen molar-refractivity contribution in [2.45, 2.75) is 19.8 Å². The number of amides is 1. The Bertz CT molecular complexity index is 642. The normalized spacial score (nSPS) is 12.0. The molecule has 4 heteroatoms. The minimum Gasteiger partial charge on any atom is -0.328 e. The van der Waals surface area contributed by atoms with E-state index in [-0.39, 0.29) is 11.7 Å². The quantitative estimate of drug-likeness (QED) is 0.825. The molecule has 0 spiro atoms. The van der Waals surface area contributed by atoms with Gasteiger partial charge >= 0.3 is 0 Å². The Morgan fingerprint density at radius 2 is 1.95 bits per heavy atom. The highest BCUT2D eigenvalue weighted by Crippen LogP contribution is 2.33. The Morgan fingerprint density at radius 3 is 2.65 bits per heavy atom. The van der Waals surface area contributed by atoms with Gasteiger partial charge in [0, 0.05) is 16.6 Å². The molecule has 2 nitrogen and oxygen atoms in total. The number of hydrogen-bond donors (Lipinski definition) is 1. The van der Waals surface area contributed by atoms with Crippen LogP contribution in [0, 0.1) is 12.7 Å². The fraction of sp³-hybridized carbons (Fsp3) is 0.188. The van der Waals surface area contributed by atoms with Crippen LogP contribution in [0.1, 0.15) is 29.5 Å². The third-order valence-electron chi connectivity index (χ3n) is 3.40. The van der Waals surface area contributed by atoms with E-state index in [1.54, 1.807) is 18.2 Å². The standard InChI is InChI=1S/C16H15ClFNO/c1-10-3-5-13(18)8-15(10)11(2)14-6-4-12(17)7-16(14)19-9-20/h3-9,11H,1-2H3,(H,19,20). The van der Waals surface area contributed by atoms with Crippen LogP contribution in [0.25, 0.3) is 0 Å². The molecule has 2 aromatic carbocycles.